The average Bonchev–Trinajstić information content (AvgIpc) is 2.65. The Morgan fingerprint density at radius 3 is 2.56 bits per heavy atom. The van der Waals surface area contributed by atoms with Crippen molar-refractivity contribution in [3.63, 3.8) is 0 Å². The molecular weight excluding hydrogens is 204 g/mol. The van der Waals surface area contributed by atoms with Gasteiger partial charge in [0.1, 0.15) is 23.3 Å². The highest BCUT2D eigenvalue weighted by molar-refractivity contribution is 5.92. The Morgan fingerprint density at radius 2 is 2.00 bits per heavy atom. The van der Waals surface area contributed by atoms with Gasteiger partial charge in [0.05, 0.1) is 19.7 Å². The molecule has 0 radical (unpaired) electrons. The Morgan fingerprint density at radius 1 is 1.25 bits per heavy atom. The summed E-state index contributed by atoms with van der Waals surface area (Å²) in [6.07, 6.45) is 0. The van der Waals surface area contributed by atoms with Crippen molar-refractivity contribution in [2.75, 3.05) is 14.2 Å². The first-order chi connectivity index (χ1) is 7.71. The number of aryl methyl sites for hydroxylation is 1. The van der Waals surface area contributed by atoms with Crippen LogP contribution >= 0.6 is 0 Å². The molecule has 0 aliphatic rings. The Hall–Kier alpha value is -2.15. The van der Waals surface area contributed by atoms with Crippen molar-refractivity contribution in [2.45, 2.75) is 6.92 Å². The van der Waals surface area contributed by atoms with E-state index in [0.717, 1.165) is 16.5 Å². The molecule has 2 aromatic rings. The summed E-state index contributed by atoms with van der Waals surface area (Å²) < 4.78 is 10.5. The van der Waals surface area contributed by atoms with Gasteiger partial charge < -0.3 is 14.5 Å². The number of aromatic nitrogens is 1. The highest BCUT2D eigenvalue weighted by atomic mass is 16.5. The minimum atomic E-state index is 0.557. The van der Waals surface area contributed by atoms with Crippen LogP contribution in [0.3, 0.4) is 0 Å². The summed E-state index contributed by atoms with van der Waals surface area (Å²) in [6.45, 7) is 1.90. The van der Waals surface area contributed by atoms with Crippen molar-refractivity contribution >= 4 is 10.9 Å². The van der Waals surface area contributed by atoms with E-state index >= 15 is 0 Å². The maximum absolute atomic E-state index is 8.96. The number of aromatic amines is 1. The zero-order chi connectivity index (χ0) is 11.7. The summed E-state index contributed by atoms with van der Waals surface area (Å²) in [7, 11) is 3.20. The van der Waals surface area contributed by atoms with Gasteiger partial charge in [-0.2, -0.15) is 5.26 Å². The van der Waals surface area contributed by atoms with Crippen LogP contribution in [0.4, 0.5) is 0 Å². The summed E-state index contributed by atoms with van der Waals surface area (Å²) in [5.41, 5.74) is 2.31. The molecular formula is C12H12N2O2. The molecule has 1 heterocycles. The van der Waals surface area contributed by atoms with Gasteiger partial charge >= 0.3 is 0 Å². The predicted octanol–water partition coefficient (Wildman–Crippen LogP) is 2.37. The first-order valence-electron chi connectivity index (χ1n) is 4.85. The second kappa shape index (κ2) is 3.78. The summed E-state index contributed by atoms with van der Waals surface area (Å²) in [5.74, 6) is 1.42. The molecule has 0 amide bonds. The topological polar surface area (TPSA) is 58.0 Å². The van der Waals surface area contributed by atoms with Gasteiger partial charge in [0.2, 0.25) is 0 Å². The third kappa shape index (κ3) is 1.38. The number of hydrogen-bond donors (Lipinski definition) is 1. The fourth-order valence-corrected chi connectivity index (χ4v) is 1.82. The lowest BCUT2D eigenvalue weighted by Gasteiger charge is -2.06. The van der Waals surface area contributed by atoms with E-state index in [1.165, 1.54) is 0 Å². The van der Waals surface area contributed by atoms with Crippen LogP contribution < -0.4 is 9.47 Å². The smallest absolute Gasteiger partial charge is 0.132 e. The van der Waals surface area contributed by atoms with Crippen molar-refractivity contribution in [2.24, 2.45) is 0 Å². The van der Waals surface area contributed by atoms with Crippen LogP contribution in [0.5, 0.6) is 11.5 Å². The number of nitrogens with one attached hydrogen (secondary N) is 1. The van der Waals surface area contributed by atoms with Gasteiger partial charge in [-0.05, 0) is 12.5 Å². The molecule has 2 rings (SSSR count). The van der Waals surface area contributed by atoms with E-state index < -0.39 is 0 Å². The van der Waals surface area contributed by atoms with Crippen LogP contribution in [0, 0.1) is 18.3 Å². The molecule has 0 saturated heterocycles. The first-order valence-corrected chi connectivity index (χ1v) is 4.85. The van der Waals surface area contributed by atoms with Crippen LogP contribution in [0.1, 0.15) is 11.3 Å². The fourth-order valence-electron chi connectivity index (χ4n) is 1.82. The monoisotopic (exact) mass is 216 g/mol. The van der Waals surface area contributed by atoms with E-state index in [1.807, 2.05) is 19.1 Å². The normalized spacial score (nSPS) is 10.1. The van der Waals surface area contributed by atoms with Gasteiger partial charge in [0.25, 0.3) is 0 Å². The van der Waals surface area contributed by atoms with Crippen LogP contribution in [0.25, 0.3) is 10.9 Å². The van der Waals surface area contributed by atoms with Crippen molar-refractivity contribution in [3.05, 3.63) is 23.4 Å². The van der Waals surface area contributed by atoms with Gasteiger partial charge in [-0.3, -0.25) is 0 Å². The van der Waals surface area contributed by atoms with Crippen molar-refractivity contribution in [1.29, 1.82) is 5.26 Å². The SMILES string of the molecule is COc1cc(OC)c2c(C)c(C#N)[nH]c2c1. The molecule has 1 N–H and O–H groups in total. The largest absolute Gasteiger partial charge is 0.497 e. The zero-order valence-electron chi connectivity index (χ0n) is 9.42. The number of fused-ring (bicyclic) bond motifs is 1. The number of methoxy groups -OCH3 is 2. The number of nitriles is 1. The second-order valence-electron chi connectivity index (χ2n) is 3.49. The van der Waals surface area contributed by atoms with Gasteiger partial charge in [0.15, 0.2) is 0 Å². The fraction of sp³-hybridized carbons (Fsp3) is 0.250. The molecule has 0 bridgehead atoms. The van der Waals surface area contributed by atoms with E-state index in [9.17, 15) is 0 Å². The lowest BCUT2D eigenvalue weighted by Crippen LogP contribution is -1.88. The standard InChI is InChI=1S/C12H12N2O2/c1-7-10(6-13)14-9-4-8(15-2)5-11(16-3)12(7)9/h4-5,14H,1-3H3. The third-order valence-electron chi connectivity index (χ3n) is 2.65. The number of nitrogens with zero attached hydrogens (tertiary/aromatic N) is 1. The van der Waals surface area contributed by atoms with Crippen LogP contribution in [0.15, 0.2) is 12.1 Å². The molecule has 0 fully saturated rings. The molecule has 1 aromatic carbocycles. The molecule has 16 heavy (non-hydrogen) atoms. The van der Waals surface area contributed by atoms with Crippen molar-refractivity contribution in [1.82, 2.24) is 4.98 Å². The number of ether oxygens (including phenoxy) is 2. The van der Waals surface area contributed by atoms with Gasteiger partial charge in [-0.1, -0.05) is 0 Å². The Bertz CT molecular complexity index is 579. The lowest BCUT2D eigenvalue weighted by atomic mass is 10.1. The maximum atomic E-state index is 8.96. The number of rotatable bonds is 2. The molecule has 0 saturated carbocycles. The van der Waals surface area contributed by atoms with Gasteiger partial charge in [-0.25, -0.2) is 0 Å². The molecule has 0 aliphatic carbocycles. The highest BCUT2D eigenvalue weighted by Crippen LogP contribution is 2.34. The summed E-state index contributed by atoms with van der Waals surface area (Å²) in [6, 6.07) is 5.78. The zero-order valence-corrected chi connectivity index (χ0v) is 9.42. The number of benzene rings is 1. The van der Waals surface area contributed by atoms with Crippen molar-refractivity contribution < 1.29 is 9.47 Å². The summed E-state index contributed by atoms with van der Waals surface area (Å²) in [5, 5.41) is 9.89. The van der Waals surface area contributed by atoms with Crippen molar-refractivity contribution in [3.8, 4) is 17.6 Å². The van der Waals surface area contributed by atoms with Crippen LogP contribution in [-0.4, -0.2) is 19.2 Å². The number of hydrogen-bond acceptors (Lipinski definition) is 3. The van der Waals surface area contributed by atoms with Crippen LogP contribution in [-0.2, 0) is 0 Å². The van der Waals surface area contributed by atoms with E-state index in [-0.39, 0.29) is 0 Å². The molecule has 0 unspecified atom stereocenters. The van der Waals surface area contributed by atoms with Crippen LogP contribution in [0.2, 0.25) is 0 Å². The summed E-state index contributed by atoms with van der Waals surface area (Å²) in [4.78, 5) is 3.04. The molecule has 4 heteroatoms. The third-order valence-corrected chi connectivity index (χ3v) is 2.65. The molecule has 82 valence electrons. The molecule has 4 nitrogen and oxygen atoms in total. The highest BCUT2D eigenvalue weighted by Gasteiger charge is 2.13. The van der Waals surface area contributed by atoms with Gasteiger partial charge in [0, 0.05) is 17.5 Å². The average molecular weight is 216 g/mol. The predicted molar refractivity (Wildman–Crippen MR) is 60.9 cm³/mol. The minimum Gasteiger partial charge on any atom is -0.497 e. The number of H-pyrrole nitrogens is 1. The van der Waals surface area contributed by atoms with Gasteiger partial charge in [-0.15, -0.1) is 0 Å². The Labute approximate surface area is 93.4 Å². The quantitative estimate of drug-likeness (QED) is 0.838. The first kappa shape index (κ1) is 10.4. The van der Waals surface area contributed by atoms with E-state index in [1.54, 1.807) is 14.2 Å². The maximum Gasteiger partial charge on any atom is 0.132 e. The molecule has 0 spiro atoms. The Balaban J connectivity index is 2.83. The minimum absolute atomic E-state index is 0.557. The molecule has 0 aliphatic heterocycles. The molecule has 1 aromatic heterocycles. The second-order valence-corrected chi connectivity index (χ2v) is 3.49. The van der Waals surface area contributed by atoms with E-state index in [4.69, 9.17) is 14.7 Å². The summed E-state index contributed by atoms with van der Waals surface area (Å²) >= 11 is 0. The van der Waals surface area contributed by atoms with E-state index in [0.29, 0.717) is 17.2 Å². The Kier molecular flexibility index (Phi) is 2.45. The lowest BCUT2D eigenvalue weighted by molar-refractivity contribution is 0.398. The van der Waals surface area contributed by atoms with E-state index in [2.05, 4.69) is 11.1 Å². The molecule has 0 atom stereocenters.